The third-order valence-corrected chi connectivity index (χ3v) is 6.83. The molecule has 0 fully saturated rings. The Labute approximate surface area is 216 Å². The lowest BCUT2D eigenvalue weighted by Gasteiger charge is -2.35. The molecular formula is C27H34N2O6S. The minimum atomic E-state index is -1.27. The highest BCUT2D eigenvalue weighted by molar-refractivity contribution is 7.13. The van der Waals surface area contributed by atoms with Gasteiger partial charge in [0.2, 0.25) is 0 Å². The largest absolute Gasteiger partial charge is 0.492 e. The van der Waals surface area contributed by atoms with Gasteiger partial charge in [0.05, 0.1) is 38.7 Å². The van der Waals surface area contributed by atoms with E-state index in [0.29, 0.717) is 48.5 Å². The highest BCUT2D eigenvalue weighted by atomic mass is 32.1. The number of ether oxygens (including phenoxy) is 5. The second-order valence-electron chi connectivity index (χ2n) is 7.97. The lowest BCUT2D eigenvalue weighted by molar-refractivity contribution is -0.153. The van der Waals surface area contributed by atoms with Gasteiger partial charge in [0.15, 0.2) is 11.5 Å². The van der Waals surface area contributed by atoms with Crippen LogP contribution in [0.3, 0.4) is 0 Å². The molecule has 0 saturated carbocycles. The van der Waals surface area contributed by atoms with Crippen LogP contribution in [-0.4, -0.2) is 56.1 Å². The van der Waals surface area contributed by atoms with Crippen LogP contribution in [0.1, 0.15) is 39.1 Å². The van der Waals surface area contributed by atoms with Crippen molar-refractivity contribution in [1.82, 2.24) is 9.97 Å². The zero-order valence-corrected chi connectivity index (χ0v) is 22.5. The van der Waals surface area contributed by atoms with Gasteiger partial charge in [0.25, 0.3) is 0 Å². The van der Waals surface area contributed by atoms with Crippen molar-refractivity contribution in [2.45, 2.75) is 45.6 Å². The number of thiazole rings is 1. The van der Waals surface area contributed by atoms with Gasteiger partial charge in [-0.15, -0.1) is 11.3 Å². The van der Waals surface area contributed by atoms with Crippen molar-refractivity contribution in [3.8, 4) is 27.8 Å². The first kappa shape index (κ1) is 27.4. The molecule has 1 aromatic carbocycles. The average molecular weight is 515 g/mol. The minimum absolute atomic E-state index is 0.220. The van der Waals surface area contributed by atoms with Crippen molar-refractivity contribution in [1.29, 1.82) is 0 Å². The number of hydrogen-bond donors (Lipinski definition) is 0. The Morgan fingerprint density at radius 2 is 1.69 bits per heavy atom. The number of rotatable bonds is 13. The number of benzene rings is 1. The van der Waals surface area contributed by atoms with Gasteiger partial charge in [-0.1, -0.05) is 0 Å². The topological polar surface area (TPSA) is 89.0 Å². The van der Waals surface area contributed by atoms with Crippen molar-refractivity contribution in [3.63, 3.8) is 0 Å². The Morgan fingerprint density at radius 3 is 2.36 bits per heavy atom. The van der Waals surface area contributed by atoms with E-state index in [0.717, 1.165) is 10.6 Å². The van der Waals surface area contributed by atoms with E-state index in [2.05, 4.69) is 4.98 Å². The molecule has 0 N–H and O–H groups in total. The summed E-state index contributed by atoms with van der Waals surface area (Å²) < 4.78 is 28.3. The maximum absolute atomic E-state index is 13.4. The molecule has 9 heteroatoms. The van der Waals surface area contributed by atoms with Gasteiger partial charge in [0, 0.05) is 30.7 Å². The first-order valence-corrected chi connectivity index (χ1v) is 12.9. The van der Waals surface area contributed by atoms with Gasteiger partial charge < -0.3 is 23.7 Å². The second kappa shape index (κ2) is 12.7. The molecule has 36 heavy (non-hydrogen) atoms. The highest BCUT2D eigenvalue weighted by Crippen LogP contribution is 2.40. The maximum atomic E-state index is 13.4. The van der Waals surface area contributed by atoms with E-state index >= 15 is 0 Å². The Bertz CT molecular complexity index is 1150. The number of pyridine rings is 1. The number of carbonyl (C=O) groups excluding carboxylic acids is 1. The zero-order valence-electron chi connectivity index (χ0n) is 21.7. The Kier molecular flexibility index (Phi) is 9.66. The summed E-state index contributed by atoms with van der Waals surface area (Å²) in [6, 6.07) is 9.34. The summed E-state index contributed by atoms with van der Waals surface area (Å²) in [7, 11) is 2.93. The van der Waals surface area contributed by atoms with Gasteiger partial charge in [-0.05, 0) is 58.0 Å². The van der Waals surface area contributed by atoms with Crippen LogP contribution in [0.15, 0.2) is 41.9 Å². The molecule has 0 saturated heterocycles. The number of hydrogen-bond acceptors (Lipinski definition) is 9. The fraction of sp³-hybridized carbons (Fsp3) is 0.444. The van der Waals surface area contributed by atoms with Crippen LogP contribution in [0, 0.1) is 0 Å². The number of aromatic nitrogens is 2. The lowest BCUT2D eigenvalue weighted by atomic mass is 9.74. The maximum Gasteiger partial charge on any atom is 0.321 e. The average Bonchev–Trinajstić information content (AvgIpc) is 3.36. The molecule has 2 heterocycles. The quantitative estimate of drug-likeness (QED) is 0.292. The smallest absolute Gasteiger partial charge is 0.321 e. The Balaban J connectivity index is 2.06. The van der Waals surface area contributed by atoms with E-state index in [1.807, 2.05) is 51.3 Å². The molecule has 8 nitrogen and oxygen atoms in total. The van der Waals surface area contributed by atoms with Crippen molar-refractivity contribution in [3.05, 3.63) is 53.3 Å². The normalized spacial score (nSPS) is 13.5. The van der Waals surface area contributed by atoms with Gasteiger partial charge in [-0.3, -0.25) is 9.78 Å². The van der Waals surface area contributed by atoms with E-state index in [1.165, 1.54) is 18.4 Å². The molecule has 0 bridgehead atoms. The molecule has 0 amide bonds. The van der Waals surface area contributed by atoms with Gasteiger partial charge in [-0.25, -0.2) is 4.98 Å². The van der Waals surface area contributed by atoms with Crippen LogP contribution in [-0.2, 0) is 26.1 Å². The number of methoxy groups -OCH3 is 2. The molecule has 2 aromatic heterocycles. The second-order valence-corrected chi connectivity index (χ2v) is 8.83. The molecule has 3 aromatic rings. The first-order valence-electron chi connectivity index (χ1n) is 12.0. The molecule has 0 radical (unpaired) electrons. The highest BCUT2D eigenvalue weighted by Gasteiger charge is 2.50. The van der Waals surface area contributed by atoms with Gasteiger partial charge >= 0.3 is 5.97 Å². The molecule has 0 aliphatic rings. The third kappa shape index (κ3) is 5.63. The predicted octanol–water partition coefficient (Wildman–Crippen LogP) is 5.09. The summed E-state index contributed by atoms with van der Waals surface area (Å²) >= 11 is 1.49. The lowest BCUT2D eigenvalue weighted by Crippen LogP contribution is -2.49. The van der Waals surface area contributed by atoms with Crippen molar-refractivity contribution in [2.75, 3.05) is 34.0 Å². The van der Waals surface area contributed by atoms with Crippen LogP contribution in [0.25, 0.3) is 10.6 Å². The molecular weight excluding hydrogens is 480 g/mol. The summed E-state index contributed by atoms with van der Waals surface area (Å²) in [5.74, 6) is 1.40. The molecule has 194 valence electrons. The van der Waals surface area contributed by atoms with Crippen LogP contribution in [0.5, 0.6) is 17.2 Å². The fourth-order valence-electron chi connectivity index (χ4n) is 4.13. The predicted molar refractivity (Wildman–Crippen MR) is 139 cm³/mol. The van der Waals surface area contributed by atoms with E-state index in [9.17, 15) is 4.79 Å². The Hall–Kier alpha value is -3.17. The van der Waals surface area contributed by atoms with E-state index in [4.69, 9.17) is 28.7 Å². The van der Waals surface area contributed by atoms with Crippen molar-refractivity contribution < 1.29 is 28.5 Å². The van der Waals surface area contributed by atoms with Crippen molar-refractivity contribution >= 4 is 17.3 Å². The minimum Gasteiger partial charge on any atom is -0.492 e. The molecule has 2 unspecified atom stereocenters. The van der Waals surface area contributed by atoms with Crippen molar-refractivity contribution in [2.24, 2.45) is 0 Å². The summed E-state index contributed by atoms with van der Waals surface area (Å²) in [6.45, 7) is 9.08. The van der Waals surface area contributed by atoms with E-state index in [-0.39, 0.29) is 6.42 Å². The number of nitrogens with zero attached hydrogens (tertiary/aromatic N) is 2. The monoisotopic (exact) mass is 514 g/mol. The van der Waals surface area contributed by atoms with Gasteiger partial charge in [0.1, 0.15) is 21.9 Å². The Morgan fingerprint density at radius 1 is 1.00 bits per heavy atom. The van der Waals surface area contributed by atoms with Crippen LogP contribution in [0.2, 0.25) is 0 Å². The van der Waals surface area contributed by atoms with E-state index < -0.39 is 17.5 Å². The van der Waals surface area contributed by atoms with Gasteiger partial charge in [-0.2, -0.15) is 0 Å². The molecule has 0 aliphatic heterocycles. The summed E-state index contributed by atoms with van der Waals surface area (Å²) in [5, 5.41) is 2.74. The first-order chi connectivity index (χ1) is 17.4. The van der Waals surface area contributed by atoms with Crippen LogP contribution in [0.4, 0.5) is 0 Å². The van der Waals surface area contributed by atoms with Crippen LogP contribution >= 0.6 is 11.3 Å². The standard InChI is InChI=1S/C27H34N2O6S/c1-7-33-21-13-12-19(15-23(21)35-9-3)25-29-20(17-36-25)16-27(18(4)31-5,26(30)32-6)24-22(34-8-2)11-10-14-28-24/h10-15,17-18H,7-9,16H2,1-6H3. The fourth-order valence-corrected chi connectivity index (χ4v) is 4.94. The number of carbonyl (C=O) groups is 1. The summed E-state index contributed by atoms with van der Waals surface area (Å²) in [4.78, 5) is 22.9. The molecule has 2 atom stereocenters. The zero-order chi connectivity index (χ0) is 26.1. The number of esters is 1. The van der Waals surface area contributed by atoms with E-state index in [1.54, 1.807) is 25.4 Å². The molecule has 0 aliphatic carbocycles. The third-order valence-electron chi connectivity index (χ3n) is 5.89. The SMILES string of the molecule is CCOc1ccc(-c2nc(CC(C(=O)OC)(c3ncccc3OCC)C(C)OC)cs2)cc1OCC. The molecule has 0 spiro atoms. The van der Waals surface area contributed by atoms with Crippen LogP contribution < -0.4 is 14.2 Å². The summed E-state index contributed by atoms with van der Waals surface area (Å²) in [5.41, 5.74) is 0.802. The molecule has 3 rings (SSSR count). The summed E-state index contributed by atoms with van der Waals surface area (Å²) in [6.07, 6.45) is 1.29.